The molecular formula is C20H22N4O2S2. The van der Waals surface area contributed by atoms with Gasteiger partial charge in [-0.05, 0) is 48.6 Å². The van der Waals surface area contributed by atoms with Crippen LogP contribution in [0.5, 0.6) is 0 Å². The van der Waals surface area contributed by atoms with Crippen molar-refractivity contribution in [3.05, 3.63) is 54.4 Å². The smallest absolute Gasteiger partial charge is 0.220 e. The van der Waals surface area contributed by atoms with E-state index in [1.54, 1.807) is 15.6 Å². The largest absolute Gasteiger partial charge is 0.345 e. The Kier molecular flexibility index (Phi) is 4.57. The number of aromatic nitrogens is 2. The fourth-order valence-electron chi connectivity index (χ4n) is 4.07. The van der Waals surface area contributed by atoms with Gasteiger partial charge in [0.15, 0.2) is 5.13 Å². The summed E-state index contributed by atoms with van der Waals surface area (Å²) in [6.45, 7) is 2.28. The van der Waals surface area contributed by atoms with E-state index in [4.69, 9.17) is 0 Å². The Labute approximate surface area is 168 Å². The summed E-state index contributed by atoms with van der Waals surface area (Å²) in [4.78, 5) is 10.8. The summed E-state index contributed by atoms with van der Waals surface area (Å²) in [5.74, 6) is 0.426. The number of hydrogen-bond donors (Lipinski definition) is 0. The molecule has 2 saturated heterocycles. The molecule has 3 aromatic rings. The van der Waals surface area contributed by atoms with Gasteiger partial charge in [0.05, 0.1) is 10.2 Å². The number of nitrogens with zero attached hydrogens (tertiary/aromatic N) is 4. The minimum absolute atomic E-state index is 0.322. The number of rotatable bonds is 4. The van der Waals surface area contributed by atoms with Crippen LogP contribution in [0, 0.1) is 0 Å². The number of sulfonamides is 1. The molecule has 6 nitrogen and oxygen atoms in total. The number of piperidine rings is 1. The first-order valence-corrected chi connectivity index (χ1v) is 11.9. The quantitative estimate of drug-likeness (QED) is 0.656. The molecule has 5 rings (SSSR count). The first kappa shape index (κ1) is 18.0. The van der Waals surface area contributed by atoms with Crippen molar-refractivity contribution in [2.75, 3.05) is 31.1 Å². The molecule has 2 aliphatic heterocycles. The summed E-state index contributed by atoms with van der Waals surface area (Å²) in [5.41, 5.74) is 2.24. The standard InChI is InChI=1S/C20H22N4O2S2/c25-28(26,24-11-7-16(8-12-24)15-5-9-21-10-6-15)17-13-23(14-17)20-22-18-3-1-2-4-19(18)27-20/h1-6,9-10,16-17H,7-8,11-14H2. The minimum atomic E-state index is -3.25. The van der Waals surface area contributed by atoms with Gasteiger partial charge >= 0.3 is 0 Å². The second kappa shape index (κ2) is 7.09. The van der Waals surface area contributed by atoms with Gasteiger partial charge in [-0.3, -0.25) is 4.98 Å². The Morgan fingerprint density at radius 1 is 1.00 bits per heavy atom. The molecular weight excluding hydrogens is 392 g/mol. The maximum atomic E-state index is 13.0. The van der Waals surface area contributed by atoms with E-state index >= 15 is 0 Å². The van der Waals surface area contributed by atoms with Gasteiger partial charge in [0.25, 0.3) is 0 Å². The van der Waals surface area contributed by atoms with E-state index in [9.17, 15) is 8.42 Å². The zero-order chi connectivity index (χ0) is 19.1. The van der Waals surface area contributed by atoms with Crippen LogP contribution < -0.4 is 4.90 Å². The number of anilines is 1. The second-order valence-electron chi connectivity index (χ2n) is 7.49. The van der Waals surface area contributed by atoms with Crippen LogP contribution in [0.25, 0.3) is 10.2 Å². The molecule has 4 heterocycles. The van der Waals surface area contributed by atoms with Gasteiger partial charge in [0.2, 0.25) is 10.0 Å². The number of hydrogen-bond acceptors (Lipinski definition) is 6. The molecule has 1 aromatic carbocycles. The molecule has 0 spiro atoms. The van der Waals surface area contributed by atoms with Crippen LogP contribution in [-0.2, 0) is 10.0 Å². The topological polar surface area (TPSA) is 66.4 Å². The SMILES string of the molecule is O=S(=O)(C1CN(c2nc3ccccc3s2)C1)N1CCC(c2ccncc2)CC1. The van der Waals surface area contributed by atoms with Gasteiger partial charge in [0, 0.05) is 38.6 Å². The van der Waals surface area contributed by atoms with Crippen molar-refractivity contribution in [2.45, 2.75) is 24.0 Å². The second-order valence-corrected chi connectivity index (χ2v) is 10.7. The van der Waals surface area contributed by atoms with Crippen molar-refractivity contribution in [3.63, 3.8) is 0 Å². The Hall–Kier alpha value is -2.03. The molecule has 146 valence electrons. The number of fused-ring (bicyclic) bond motifs is 1. The molecule has 0 unspecified atom stereocenters. The highest BCUT2D eigenvalue weighted by molar-refractivity contribution is 7.89. The third kappa shape index (κ3) is 3.19. The Bertz CT molecular complexity index is 1040. The summed E-state index contributed by atoms with van der Waals surface area (Å²) in [7, 11) is -3.25. The molecule has 2 aliphatic rings. The van der Waals surface area contributed by atoms with Gasteiger partial charge in [-0.15, -0.1) is 0 Å². The highest BCUT2D eigenvalue weighted by atomic mass is 32.2. The number of para-hydroxylation sites is 1. The minimum Gasteiger partial charge on any atom is -0.345 e. The summed E-state index contributed by atoms with van der Waals surface area (Å²) >= 11 is 1.63. The van der Waals surface area contributed by atoms with E-state index < -0.39 is 10.0 Å². The molecule has 0 amide bonds. The van der Waals surface area contributed by atoms with Crippen molar-refractivity contribution in [3.8, 4) is 0 Å². The van der Waals surface area contributed by atoms with Crippen LogP contribution in [0.3, 0.4) is 0 Å². The first-order valence-electron chi connectivity index (χ1n) is 9.61. The summed E-state index contributed by atoms with van der Waals surface area (Å²) in [5, 5.41) is 0.598. The molecule has 2 aromatic heterocycles. The molecule has 28 heavy (non-hydrogen) atoms. The zero-order valence-corrected chi connectivity index (χ0v) is 17.1. The van der Waals surface area contributed by atoms with Crippen LogP contribution in [0.1, 0.15) is 24.3 Å². The summed E-state index contributed by atoms with van der Waals surface area (Å²) in [6.07, 6.45) is 5.36. The van der Waals surface area contributed by atoms with Gasteiger partial charge in [-0.1, -0.05) is 23.5 Å². The van der Waals surface area contributed by atoms with Crippen molar-refractivity contribution >= 4 is 36.7 Å². The van der Waals surface area contributed by atoms with E-state index in [-0.39, 0.29) is 5.25 Å². The maximum absolute atomic E-state index is 13.0. The first-order chi connectivity index (χ1) is 13.6. The monoisotopic (exact) mass is 414 g/mol. The lowest BCUT2D eigenvalue weighted by molar-refractivity contribution is 0.313. The number of pyridine rings is 1. The number of benzene rings is 1. The number of thiazole rings is 1. The lowest BCUT2D eigenvalue weighted by Gasteiger charge is -2.42. The van der Waals surface area contributed by atoms with Crippen molar-refractivity contribution < 1.29 is 8.42 Å². The molecule has 8 heteroatoms. The fourth-order valence-corrected chi connectivity index (χ4v) is 6.93. The normalized spacial score (nSPS) is 19.8. The van der Waals surface area contributed by atoms with Crippen LogP contribution in [0.4, 0.5) is 5.13 Å². The van der Waals surface area contributed by atoms with Crippen LogP contribution in [-0.4, -0.2) is 54.1 Å². The van der Waals surface area contributed by atoms with Gasteiger partial charge in [-0.25, -0.2) is 17.7 Å². The van der Waals surface area contributed by atoms with Crippen molar-refractivity contribution in [1.82, 2.24) is 14.3 Å². The predicted molar refractivity (Wildman–Crippen MR) is 112 cm³/mol. The van der Waals surface area contributed by atoms with Crippen molar-refractivity contribution in [2.24, 2.45) is 0 Å². The highest BCUT2D eigenvalue weighted by Gasteiger charge is 2.42. The van der Waals surface area contributed by atoms with Gasteiger partial charge < -0.3 is 4.90 Å². The predicted octanol–water partition coefficient (Wildman–Crippen LogP) is 3.09. The van der Waals surface area contributed by atoms with Gasteiger partial charge in [0.1, 0.15) is 5.25 Å². The third-order valence-electron chi connectivity index (χ3n) is 5.81. The average molecular weight is 415 g/mol. The van der Waals surface area contributed by atoms with E-state index in [0.717, 1.165) is 28.2 Å². The molecule has 2 fully saturated rings. The molecule has 0 radical (unpaired) electrons. The van der Waals surface area contributed by atoms with E-state index in [2.05, 4.69) is 20.9 Å². The third-order valence-corrected chi connectivity index (χ3v) is 9.14. The molecule has 0 saturated carbocycles. The fraction of sp³-hybridized carbons (Fsp3) is 0.400. The van der Waals surface area contributed by atoms with E-state index in [0.29, 0.717) is 32.1 Å². The van der Waals surface area contributed by atoms with Gasteiger partial charge in [-0.2, -0.15) is 0 Å². The lowest BCUT2D eigenvalue weighted by Crippen LogP contribution is -2.59. The van der Waals surface area contributed by atoms with E-state index in [1.807, 2.05) is 42.7 Å². The Morgan fingerprint density at radius 3 is 2.43 bits per heavy atom. The molecule has 0 atom stereocenters. The Balaban J connectivity index is 1.21. The zero-order valence-electron chi connectivity index (χ0n) is 15.4. The van der Waals surface area contributed by atoms with Crippen LogP contribution in [0.2, 0.25) is 0 Å². The summed E-state index contributed by atoms with van der Waals surface area (Å²) < 4.78 is 28.9. The molecule has 0 N–H and O–H groups in total. The van der Waals surface area contributed by atoms with Crippen LogP contribution in [0.15, 0.2) is 48.8 Å². The van der Waals surface area contributed by atoms with Crippen LogP contribution >= 0.6 is 11.3 Å². The summed E-state index contributed by atoms with van der Waals surface area (Å²) in [6, 6.07) is 12.1. The average Bonchev–Trinajstić information content (AvgIpc) is 3.11. The molecule has 0 bridgehead atoms. The van der Waals surface area contributed by atoms with Crippen molar-refractivity contribution in [1.29, 1.82) is 0 Å². The molecule has 0 aliphatic carbocycles. The maximum Gasteiger partial charge on any atom is 0.220 e. The van der Waals surface area contributed by atoms with E-state index in [1.165, 1.54) is 5.56 Å². The highest BCUT2D eigenvalue weighted by Crippen LogP contribution is 2.35. The Morgan fingerprint density at radius 2 is 1.71 bits per heavy atom. The lowest BCUT2D eigenvalue weighted by atomic mass is 9.91.